The highest BCUT2D eigenvalue weighted by molar-refractivity contribution is 5.90. The Morgan fingerprint density at radius 2 is 1.31 bits per heavy atom. The zero-order valence-corrected chi connectivity index (χ0v) is 17.2. The van der Waals surface area contributed by atoms with Crippen molar-refractivity contribution in [3.05, 3.63) is 70.8 Å². The Balaban J connectivity index is 0.00000205. The van der Waals surface area contributed by atoms with Gasteiger partial charge in [0, 0.05) is 39.1 Å². The van der Waals surface area contributed by atoms with Gasteiger partial charge in [0.15, 0.2) is 0 Å². The Kier molecular flexibility index (Phi) is 5.36. The smallest absolute Gasteiger partial charge is 0.231 e. The number of hydrogen-bond acceptors (Lipinski definition) is 3. The Morgan fingerprint density at radius 1 is 0.828 bits per heavy atom. The van der Waals surface area contributed by atoms with Gasteiger partial charge in [0.1, 0.15) is 0 Å². The maximum absolute atomic E-state index is 13.5. The van der Waals surface area contributed by atoms with Crippen LogP contribution in [0.1, 0.15) is 35.1 Å². The monoisotopic (exact) mass is 411 g/mol. The van der Waals surface area contributed by atoms with Gasteiger partial charge in [-0.15, -0.1) is 12.4 Å². The van der Waals surface area contributed by atoms with Crippen molar-refractivity contribution in [3.8, 4) is 0 Å². The van der Waals surface area contributed by atoms with Crippen molar-refractivity contribution in [2.75, 3.05) is 13.1 Å². The number of amides is 2. The van der Waals surface area contributed by atoms with Crippen LogP contribution >= 0.6 is 12.4 Å². The van der Waals surface area contributed by atoms with Crippen molar-refractivity contribution in [2.45, 2.75) is 39.0 Å². The molecule has 0 saturated carbocycles. The van der Waals surface area contributed by atoms with Crippen LogP contribution in [-0.4, -0.2) is 34.7 Å². The Bertz CT molecular complexity index is 889. The molecule has 5 rings (SSSR count). The van der Waals surface area contributed by atoms with Crippen molar-refractivity contribution >= 4 is 24.2 Å². The lowest BCUT2D eigenvalue weighted by Gasteiger charge is -2.32. The quantitative estimate of drug-likeness (QED) is 0.844. The third kappa shape index (κ3) is 3.53. The van der Waals surface area contributed by atoms with E-state index in [4.69, 9.17) is 0 Å². The molecule has 1 fully saturated rings. The van der Waals surface area contributed by atoms with Gasteiger partial charge in [0.25, 0.3) is 0 Å². The first kappa shape index (κ1) is 19.9. The zero-order chi connectivity index (χ0) is 19.1. The molecule has 0 spiro atoms. The van der Waals surface area contributed by atoms with E-state index in [1.54, 1.807) is 0 Å². The fourth-order valence-corrected chi connectivity index (χ4v) is 4.88. The minimum absolute atomic E-state index is 0. The molecular weight excluding hydrogens is 386 g/mol. The van der Waals surface area contributed by atoms with Crippen LogP contribution in [0.25, 0.3) is 0 Å². The minimum atomic E-state index is -0.617. The van der Waals surface area contributed by atoms with E-state index in [1.165, 1.54) is 22.3 Å². The molecule has 152 valence electrons. The average Bonchev–Trinajstić information content (AvgIpc) is 3.44. The van der Waals surface area contributed by atoms with Gasteiger partial charge in [-0.1, -0.05) is 48.5 Å². The number of nitrogens with one attached hydrogen (secondary N) is 1. The van der Waals surface area contributed by atoms with Crippen LogP contribution in [0.5, 0.6) is 0 Å². The van der Waals surface area contributed by atoms with Crippen LogP contribution in [0, 0.1) is 5.41 Å². The minimum Gasteiger partial charge on any atom is -0.334 e. The van der Waals surface area contributed by atoms with E-state index in [9.17, 15) is 9.59 Å². The summed E-state index contributed by atoms with van der Waals surface area (Å²) in [6.45, 7) is 4.00. The molecule has 0 radical (unpaired) electrons. The normalized spacial score (nSPS) is 22.2. The third-order valence-corrected chi connectivity index (χ3v) is 6.51. The summed E-state index contributed by atoms with van der Waals surface area (Å²) >= 11 is 0. The molecule has 3 aliphatic rings. The van der Waals surface area contributed by atoms with Crippen LogP contribution in [0.2, 0.25) is 0 Å². The molecule has 1 unspecified atom stereocenters. The van der Waals surface area contributed by atoms with E-state index in [1.807, 2.05) is 34.1 Å². The summed E-state index contributed by atoms with van der Waals surface area (Å²) in [4.78, 5) is 30.5. The van der Waals surface area contributed by atoms with Crippen molar-refractivity contribution in [1.29, 1.82) is 0 Å². The molecule has 2 amide bonds. The molecule has 0 bridgehead atoms. The molecule has 6 heteroatoms. The topological polar surface area (TPSA) is 52.7 Å². The van der Waals surface area contributed by atoms with Gasteiger partial charge >= 0.3 is 0 Å². The van der Waals surface area contributed by atoms with E-state index in [2.05, 4.69) is 29.6 Å². The molecular formula is C23H26ClN3O2. The van der Waals surface area contributed by atoms with Crippen molar-refractivity contribution < 1.29 is 9.59 Å². The van der Waals surface area contributed by atoms with Crippen LogP contribution in [0.15, 0.2) is 48.5 Å². The lowest BCUT2D eigenvalue weighted by atomic mass is 9.81. The summed E-state index contributed by atoms with van der Waals surface area (Å²) in [5, 5.41) is 3.33. The molecule has 2 aromatic carbocycles. The highest BCUT2D eigenvalue weighted by Crippen LogP contribution is 2.37. The first-order valence-electron chi connectivity index (χ1n) is 10.1. The predicted molar refractivity (Wildman–Crippen MR) is 113 cm³/mol. The Morgan fingerprint density at radius 3 is 1.76 bits per heavy atom. The molecule has 3 aliphatic heterocycles. The van der Waals surface area contributed by atoms with Crippen LogP contribution in [0.4, 0.5) is 0 Å². The van der Waals surface area contributed by atoms with Gasteiger partial charge in [-0.05, 0) is 35.2 Å². The van der Waals surface area contributed by atoms with Gasteiger partial charge in [-0.3, -0.25) is 9.59 Å². The summed E-state index contributed by atoms with van der Waals surface area (Å²) in [5.74, 6) is 0.212. The Hall–Kier alpha value is -2.37. The summed E-state index contributed by atoms with van der Waals surface area (Å²) < 4.78 is 0. The van der Waals surface area contributed by atoms with E-state index >= 15 is 0 Å². The number of fused-ring (bicyclic) bond motifs is 2. The average molecular weight is 412 g/mol. The molecule has 2 aromatic rings. The fourth-order valence-electron chi connectivity index (χ4n) is 4.88. The SMILES string of the molecule is Cl.O=C(CC1(C(=O)N2Cc3ccccc3C2)CCNC1)N1Cc2ccccc2C1. The van der Waals surface area contributed by atoms with Crippen molar-refractivity contribution in [3.63, 3.8) is 0 Å². The van der Waals surface area contributed by atoms with Crippen LogP contribution < -0.4 is 5.32 Å². The molecule has 0 aromatic heterocycles. The number of benzene rings is 2. The molecule has 1 saturated heterocycles. The number of halogens is 1. The summed E-state index contributed by atoms with van der Waals surface area (Å²) in [6, 6.07) is 16.4. The summed E-state index contributed by atoms with van der Waals surface area (Å²) in [6.07, 6.45) is 1.02. The largest absolute Gasteiger partial charge is 0.334 e. The van der Waals surface area contributed by atoms with E-state index in [0.29, 0.717) is 39.1 Å². The second kappa shape index (κ2) is 7.81. The van der Waals surface area contributed by atoms with Crippen LogP contribution in [0.3, 0.4) is 0 Å². The molecule has 5 nitrogen and oxygen atoms in total. The second-order valence-corrected chi connectivity index (χ2v) is 8.33. The lowest BCUT2D eigenvalue weighted by Crippen LogP contribution is -2.46. The third-order valence-electron chi connectivity index (χ3n) is 6.51. The van der Waals surface area contributed by atoms with Crippen molar-refractivity contribution in [1.82, 2.24) is 15.1 Å². The van der Waals surface area contributed by atoms with Gasteiger partial charge in [-0.2, -0.15) is 0 Å². The van der Waals surface area contributed by atoms with E-state index in [-0.39, 0.29) is 24.2 Å². The summed E-state index contributed by atoms with van der Waals surface area (Å²) in [7, 11) is 0. The number of hydrogen-bond donors (Lipinski definition) is 1. The van der Waals surface area contributed by atoms with Gasteiger partial charge in [0.05, 0.1) is 5.41 Å². The van der Waals surface area contributed by atoms with E-state index < -0.39 is 5.41 Å². The Labute approximate surface area is 177 Å². The number of rotatable bonds is 3. The van der Waals surface area contributed by atoms with Crippen molar-refractivity contribution in [2.24, 2.45) is 5.41 Å². The van der Waals surface area contributed by atoms with E-state index in [0.717, 1.165) is 13.0 Å². The number of nitrogens with zero attached hydrogens (tertiary/aromatic N) is 2. The van der Waals surface area contributed by atoms with Crippen LogP contribution in [-0.2, 0) is 35.8 Å². The van der Waals surface area contributed by atoms with Gasteiger partial charge in [0.2, 0.25) is 11.8 Å². The van der Waals surface area contributed by atoms with Gasteiger partial charge in [-0.25, -0.2) is 0 Å². The first-order valence-corrected chi connectivity index (χ1v) is 10.1. The summed E-state index contributed by atoms with van der Waals surface area (Å²) in [5.41, 5.74) is 4.26. The molecule has 1 atom stereocenters. The molecule has 0 aliphatic carbocycles. The highest BCUT2D eigenvalue weighted by Gasteiger charge is 2.47. The standard InChI is InChI=1S/C23H25N3O2.ClH/c27-21(25-12-17-5-1-2-6-18(17)13-25)11-23(9-10-24-16-23)22(28)26-14-19-7-3-4-8-20(19)15-26;/h1-8,24H,9-16H2;1H. The first-order chi connectivity index (χ1) is 13.6. The second-order valence-electron chi connectivity index (χ2n) is 8.33. The lowest BCUT2D eigenvalue weighted by molar-refractivity contribution is -0.148. The predicted octanol–water partition coefficient (Wildman–Crippen LogP) is 2.86. The number of carbonyl (C=O) groups is 2. The highest BCUT2D eigenvalue weighted by atomic mass is 35.5. The maximum Gasteiger partial charge on any atom is 0.231 e. The molecule has 3 heterocycles. The zero-order valence-electron chi connectivity index (χ0n) is 16.4. The van der Waals surface area contributed by atoms with Gasteiger partial charge < -0.3 is 15.1 Å². The number of carbonyl (C=O) groups excluding carboxylic acids is 2. The maximum atomic E-state index is 13.5. The molecule has 1 N–H and O–H groups in total. The molecule has 29 heavy (non-hydrogen) atoms. The fraction of sp³-hybridized carbons (Fsp3) is 0.391.